The first-order valence-electron chi connectivity index (χ1n) is 4.81. The van der Waals surface area contributed by atoms with E-state index in [1.807, 2.05) is 20.8 Å². The normalized spacial score (nSPS) is 13.0. The van der Waals surface area contributed by atoms with Gasteiger partial charge in [-0.3, -0.25) is 0 Å². The van der Waals surface area contributed by atoms with E-state index in [4.69, 9.17) is 4.52 Å². The highest BCUT2D eigenvalue weighted by atomic mass is 16.5. The number of aromatic nitrogens is 2. The molecule has 0 radical (unpaired) electrons. The minimum atomic E-state index is -0.0681. The van der Waals surface area contributed by atoms with E-state index in [2.05, 4.69) is 36.2 Å². The van der Waals surface area contributed by atoms with Gasteiger partial charge in [0.2, 0.25) is 0 Å². The Kier molecular flexibility index (Phi) is 2.56. The van der Waals surface area contributed by atoms with Crippen molar-refractivity contribution in [1.29, 1.82) is 0 Å². The third-order valence-corrected chi connectivity index (χ3v) is 1.58. The second kappa shape index (κ2) is 3.26. The van der Waals surface area contributed by atoms with Crippen molar-refractivity contribution in [2.45, 2.75) is 52.5 Å². The molecule has 0 amide bonds. The molecule has 14 heavy (non-hydrogen) atoms. The third-order valence-electron chi connectivity index (χ3n) is 1.58. The quantitative estimate of drug-likeness (QED) is 0.751. The van der Waals surface area contributed by atoms with Crippen LogP contribution in [0, 0.1) is 0 Å². The highest BCUT2D eigenvalue weighted by molar-refractivity contribution is 5.24. The van der Waals surface area contributed by atoms with E-state index in [0.29, 0.717) is 6.01 Å². The second-order valence-electron chi connectivity index (χ2n) is 5.55. The highest BCUT2D eigenvalue weighted by Crippen LogP contribution is 2.21. The van der Waals surface area contributed by atoms with Crippen molar-refractivity contribution in [3.8, 4) is 0 Å². The maximum atomic E-state index is 5.09. The van der Waals surface area contributed by atoms with Gasteiger partial charge in [0.15, 0.2) is 5.82 Å². The van der Waals surface area contributed by atoms with Gasteiger partial charge in [0, 0.05) is 11.0 Å². The molecule has 1 aromatic heterocycles. The van der Waals surface area contributed by atoms with E-state index in [9.17, 15) is 0 Å². The number of anilines is 1. The lowest BCUT2D eigenvalue weighted by atomic mass is 9.96. The zero-order chi connectivity index (χ0) is 11.0. The Morgan fingerprint density at radius 3 is 2.00 bits per heavy atom. The zero-order valence-corrected chi connectivity index (χ0v) is 9.80. The molecule has 0 aliphatic carbocycles. The van der Waals surface area contributed by atoms with Gasteiger partial charge in [0.25, 0.3) is 0 Å². The van der Waals surface area contributed by atoms with Crippen molar-refractivity contribution in [3.05, 3.63) is 5.82 Å². The summed E-state index contributed by atoms with van der Waals surface area (Å²) in [5.74, 6) is 0.726. The van der Waals surface area contributed by atoms with Crippen molar-refractivity contribution in [3.63, 3.8) is 0 Å². The predicted octanol–water partition coefficient (Wildman–Crippen LogP) is 2.58. The minimum Gasteiger partial charge on any atom is -0.333 e. The molecule has 1 rings (SSSR count). The molecule has 0 bridgehead atoms. The molecular formula is C10H19N3O. The summed E-state index contributed by atoms with van der Waals surface area (Å²) in [4.78, 5) is 4.28. The van der Waals surface area contributed by atoms with Gasteiger partial charge in [-0.25, -0.2) is 0 Å². The van der Waals surface area contributed by atoms with Crippen LogP contribution in [0.5, 0.6) is 0 Å². The fraction of sp³-hybridized carbons (Fsp3) is 0.800. The molecule has 0 unspecified atom stereocenters. The van der Waals surface area contributed by atoms with Crippen LogP contribution in [0.2, 0.25) is 0 Å². The number of hydrogen-bond donors (Lipinski definition) is 1. The summed E-state index contributed by atoms with van der Waals surface area (Å²) < 4.78 is 5.09. The molecule has 1 aromatic rings. The van der Waals surface area contributed by atoms with E-state index in [-0.39, 0.29) is 11.0 Å². The van der Waals surface area contributed by atoms with E-state index < -0.39 is 0 Å². The lowest BCUT2D eigenvalue weighted by Crippen LogP contribution is -2.26. The summed E-state index contributed by atoms with van der Waals surface area (Å²) in [5.41, 5.74) is -0.122. The van der Waals surface area contributed by atoms with Gasteiger partial charge < -0.3 is 9.84 Å². The number of rotatable bonds is 1. The first-order chi connectivity index (χ1) is 6.18. The average Bonchev–Trinajstić information content (AvgIpc) is 2.29. The molecule has 0 spiro atoms. The van der Waals surface area contributed by atoms with Crippen molar-refractivity contribution in [2.24, 2.45) is 0 Å². The molecule has 0 aliphatic heterocycles. The Morgan fingerprint density at radius 2 is 1.64 bits per heavy atom. The van der Waals surface area contributed by atoms with Crippen molar-refractivity contribution in [1.82, 2.24) is 10.1 Å². The van der Waals surface area contributed by atoms with Crippen LogP contribution < -0.4 is 5.32 Å². The van der Waals surface area contributed by atoms with E-state index in [1.54, 1.807) is 0 Å². The first kappa shape index (κ1) is 11.0. The van der Waals surface area contributed by atoms with E-state index in [0.717, 1.165) is 5.82 Å². The summed E-state index contributed by atoms with van der Waals surface area (Å²) in [7, 11) is 0. The molecule has 0 saturated carbocycles. The Balaban J connectivity index is 2.79. The summed E-state index contributed by atoms with van der Waals surface area (Å²) in [6.07, 6.45) is 0. The van der Waals surface area contributed by atoms with Crippen LogP contribution in [0.1, 0.15) is 47.4 Å². The summed E-state index contributed by atoms with van der Waals surface area (Å²) in [6, 6.07) is 0.488. The number of nitrogens with zero attached hydrogens (tertiary/aromatic N) is 2. The molecular weight excluding hydrogens is 178 g/mol. The van der Waals surface area contributed by atoms with Crippen LogP contribution in [0.15, 0.2) is 4.52 Å². The van der Waals surface area contributed by atoms with E-state index >= 15 is 0 Å². The second-order valence-corrected chi connectivity index (χ2v) is 5.55. The Morgan fingerprint density at radius 1 is 1.07 bits per heavy atom. The minimum absolute atomic E-state index is 0.0539. The van der Waals surface area contributed by atoms with Crippen LogP contribution >= 0.6 is 0 Å². The fourth-order valence-electron chi connectivity index (χ4n) is 0.900. The lowest BCUT2D eigenvalue weighted by molar-refractivity contribution is 0.395. The SMILES string of the molecule is CC(C)(C)Nc1nc(C(C)(C)C)no1. The molecule has 4 heteroatoms. The Labute approximate surface area is 85.1 Å². The van der Waals surface area contributed by atoms with E-state index in [1.165, 1.54) is 0 Å². The van der Waals surface area contributed by atoms with Gasteiger partial charge in [-0.15, -0.1) is 0 Å². The van der Waals surface area contributed by atoms with Gasteiger partial charge in [0.1, 0.15) is 0 Å². The van der Waals surface area contributed by atoms with Gasteiger partial charge in [0.05, 0.1) is 0 Å². The molecule has 1 N–H and O–H groups in total. The molecule has 80 valence electrons. The topological polar surface area (TPSA) is 51.0 Å². The largest absolute Gasteiger partial charge is 0.333 e. The third kappa shape index (κ3) is 3.01. The number of hydrogen-bond acceptors (Lipinski definition) is 4. The van der Waals surface area contributed by atoms with Crippen LogP contribution in [-0.2, 0) is 5.41 Å². The molecule has 0 fully saturated rings. The molecule has 0 aromatic carbocycles. The number of nitrogens with one attached hydrogen (secondary N) is 1. The van der Waals surface area contributed by atoms with Crippen LogP contribution in [0.4, 0.5) is 6.01 Å². The fourth-order valence-corrected chi connectivity index (χ4v) is 0.900. The zero-order valence-electron chi connectivity index (χ0n) is 9.80. The predicted molar refractivity (Wildman–Crippen MR) is 56.4 cm³/mol. The van der Waals surface area contributed by atoms with Gasteiger partial charge in [-0.05, 0) is 20.8 Å². The van der Waals surface area contributed by atoms with Crippen LogP contribution in [-0.4, -0.2) is 15.7 Å². The highest BCUT2D eigenvalue weighted by Gasteiger charge is 2.22. The summed E-state index contributed by atoms with van der Waals surface area (Å²) >= 11 is 0. The van der Waals surface area contributed by atoms with Crippen LogP contribution in [0.3, 0.4) is 0 Å². The maximum Gasteiger partial charge on any atom is 0.321 e. The summed E-state index contributed by atoms with van der Waals surface area (Å²) in [5, 5.41) is 7.06. The maximum absolute atomic E-state index is 5.09. The summed E-state index contributed by atoms with van der Waals surface area (Å²) in [6.45, 7) is 12.3. The van der Waals surface area contributed by atoms with Crippen molar-refractivity contribution >= 4 is 6.01 Å². The molecule has 1 heterocycles. The first-order valence-corrected chi connectivity index (χ1v) is 4.81. The molecule has 4 nitrogen and oxygen atoms in total. The van der Waals surface area contributed by atoms with Gasteiger partial charge >= 0.3 is 6.01 Å². The molecule has 0 aliphatic rings. The molecule has 0 atom stereocenters. The standard InChI is InChI=1S/C10H19N3O/c1-9(2,3)7-11-8(14-13-7)12-10(4,5)6/h1-6H3,(H,11,12,13). The Hall–Kier alpha value is -1.06. The Bertz CT molecular complexity index is 304. The van der Waals surface area contributed by atoms with Crippen LogP contribution in [0.25, 0.3) is 0 Å². The van der Waals surface area contributed by atoms with Gasteiger partial charge in [-0.1, -0.05) is 25.9 Å². The molecule has 0 saturated heterocycles. The smallest absolute Gasteiger partial charge is 0.321 e. The monoisotopic (exact) mass is 197 g/mol. The van der Waals surface area contributed by atoms with Crippen molar-refractivity contribution < 1.29 is 4.52 Å². The van der Waals surface area contributed by atoms with Crippen molar-refractivity contribution in [2.75, 3.05) is 5.32 Å². The average molecular weight is 197 g/mol. The lowest BCUT2D eigenvalue weighted by Gasteiger charge is -2.18. The van der Waals surface area contributed by atoms with Gasteiger partial charge in [-0.2, -0.15) is 4.98 Å².